The molecule has 0 aromatic heterocycles. The van der Waals surface area contributed by atoms with Crippen LogP contribution in [0.15, 0.2) is 0 Å². The normalized spacial score (nSPS) is 12.7. The van der Waals surface area contributed by atoms with Crippen molar-refractivity contribution >= 4 is 11.9 Å². The lowest BCUT2D eigenvalue weighted by Gasteiger charge is -2.23. The number of aliphatic carboxylic acids is 1. The Morgan fingerprint density at radius 2 is 1.95 bits per heavy atom. The van der Waals surface area contributed by atoms with Gasteiger partial charge in [0, 0.05) is 26.7 Å². The Bertz CT molecular complexity index is 282. The van der Waals surface area contributed by atoms with Crippen LogP contribution in [0, 0.1) is 5.92 Å². The van der Waals surface area contributed by atoms with Gasteiger partial charge in [-0.05, 0) is 20.3 Å². The number of nitrogens with one attached hydrogen (secondary N) is 1. The summed E-state index contributed by atoms with van der Waals surface area (Å²) in [5, 5.41) is 11.5. The van der Waals surface area contributed by atoms with Gasteiger partial charge in [0.1, 0.15) is 0 Å². The van der Waals surface area contributed by atoms with Gasteiger partial charge >= 0.3 is 5.97 Å². The Morgan fingerprint density at radius 1 is 1.32 bits per heavy atom. The second kappa shape index (κ2) is 9.75. The average molecular weight is 274 g/mol. The number of carbonyl (C=O) groups excluding carboxylic acids is 1. The Morgan fingerprint density at radius 3 is 2.42 bits per heavy atom. The molecule has 0 saturated heterocycles. The van der Waals surface area contributed by atoms with Crippen LogP contribution < -0.4 is 5.32 Å². The maximum atomic E-state index is 11.4. The zero-order valence-electron chi connectivity index (χ0n) is 12.3. The molecule has 0 saturated carbocycles. The summed E-state index contributed by atoms with van der Waals surface area (Å²) in [6.07, 6.45) is 0.965. The number of ether oxygens (including phenoxy) is 1. The van der Waals surface area contributed by atoms with Gasteiger partial charge in [0.2, 0.25) is 5.91 Å². The molecule has 0 heterocycles. The minimum Gasteiger partial charge on any atom is -0.481 e. The van der Waals surface area contributed by atoms with Crippen molar-refractivity contribution in [1.82, 2.24) is 10.2 Å². The topological polar surface area (TPSA) is 78.9 Å². The van der Waals surface area contributed by atoms with Crippen molar-refractivity contribution in [3.63, 3.8) is 0 Å². The fourth-order valence-corrected chi connectivity index (χ4v) is 1.59. The molecule has 0 spiro atoms. The first-order valence-corrected chi connectivity index (χ1v) is 6.64. The molecular weight excluding hydrogens is 248 g/mol. The van der Waals surface area contributed by atoms with Gasteiger partial charge in [-0.15, -0.1) is 0 Å². The lowest BCUT2D eigenvalue weighted by molar-refractivity contribution is -0.142. The smallest absolute Gasteiger partial charge is 0.307 e. The van der Waals surface area contributed by atoms with Crippen LogP contribution in [0.4, 0.5) is 0 Å². The first kappa shape index (κ1) is 17.9. The van der Waals surface area contributed by atoms with Crippen LogP contribution >= 0.6 is 0 Å². The van der Waals surface area contributed by atoms with E-state index in [1.807, 2.05) is 18.7 Å². The Labute approximate surface area is 115 Å². The second-order valence-corrected chi connectivity index (χ2v) is 4.92. The molecule has 0 fully saturated rings. The van der Waals surface area contributed by atoms with E-state index < -0.39 is 11.9 Å². The average Bonchev–Trinajstić information content (AvgIpc) is 2.33. The molecule has 19 heavy (non-hydrogen) atoms. The van der Waals surface area contributed by atoms with Gasteiger partial charge in [0.05, 0.1) is 18.6 Å². The number of likely N-dealkylation sites (N-methyl/N-ethyl adjacent to an activating group) is 1. The molecule has 1 atom stereocenters. The third-order valence-electron chi connectivity index (χ3n) is 2.67. The van der Waals surface area contributed by atoms with Gasteiger partial charge in [0.25, 0.3) is 0 Å². The van der Waals surface area contributed by atoms with E-state index in [2.05, 4.69) is 5.32 Å². The van der Waals surface area contributed by atoms with Crippen molar-refractivity contribution in [2.45, 2.75) is 33.3 Å². The third kappa shape index (κ3) is 9.44. The van der Waals surface area contributed by atoms with E-state index in [0.29, 0.717) is 19.7 Å². The van der Waals surface area contributed by atoms with E-state index in [0.717, 1.165) is 6.42 Å². The summed E-state index contributed by atoms with van der Waals surface area (Å²) < 4.78 is 5.43. The summed E-state index contributed by atoms with van der Waals surface area (Å²) >= 11 is 0. The molecule has 0 aliphatic rings. The van der Waals surface area contributed by atoms with E-state index in [1.165, 1.54) is 0 Å². The number of amides is 1. The van der Waals surface area contributed by atoms with E-state index in [-0.39, 0.29) is 18.6 Å². The number of carboxylic acid groups (broad SMARTS) is 1. The fourth-order valence-electron chi connectivity index (χ4n) is 1.59. The van der Waals surface area contributed by atoms with Crippen molar-refractivity contribution in [3.8, 4) is 0 Å². The molecule has 6 heteroatoms. The van der Waals surface area contributed by atoms with Gasteiger partial charge in [0.15, 0.2) is 0 Å². The molecule has 6 nitrogen and oxygen atoms in total. The molecule has 0 aliphatic carbocycles. The number of hydrogen-bond donors (Lipinski definition) is 2. The van der Waals surface area contributed by atoms with Gasteiger partial charge in [-0.1, -0.05) is 6.92 Å². The van der Waals surface area contributed by atoms with Gasteiger partial charge in [-0.25, -0.2) is 0 Å². The summed E-state index contributed by atoms with van der Waals surface area (Å²) in [5.74, 6) is -1.45. The second-order valence-electron chi connectivity index (χ2n) is 4.92. The molecule has 1 amide bonds. The van der Waals surface area contributed by atoms with Crippen LogP contribution in [0.2, 0.25) is 0 Å². The molecule has 0 aliphatic heterocycles. The molecule has 0 bridgehead atoms. The third-order valence-corrected chi connectivity index (χ3v) is 2.67. The summed E-state index contributed by atoms with van der Waals surface area (Å²) in [5.41, 5.74) is 0. The van der Waals surface area contributed by atoms with Crippen LogP contribution in [0.5, 0.6) is 0 Å². The molecule has 0 aromatic carbocycles. The monoisotopic (exact) mass is 274 g/mol. The highest BCUT2D eigenvalue weighted by atomic mass is 16.5. The number of carbonyl (C=O) groups is 2. The van der Waals surface area contributed by atoms with Crippen molar-refractivity contribution < 1.29 is 19.4 Å². The van der Waals surface area contributed by atoms with Crippen LogP contribution in [0.1, 0.15) is 27.2 Å². The highest BCUT2D eigenvalue weighted by molar-refractivity contribution is 5.77. The molecule has 2 N–H and O–H groups in total. The summed E-state index contributed by atoms with van der Waals surface area (Å²) in [7, 11) is 1.57. The van der Waals surface area contributed by atoms with Crippen molar-refractivity contribution in [3.05, 3.63) is 0 Å². The van der Waals surface area contributed by atoms with Gasteiger partial charge in [-0.2, -0.15) is 0 Å². The largest absolute Gasteiger partial charge is 0.481 e. The van der Waals surface area contributed by atoms with Gasteiger partial charge in [-0.3, -0.25) is 14.5 Å². The maximum absolute atomic E-state index is 11.4. The first-order valence-electron chi connectivity index (χ1n) is 6.64. The number of nitrogens with zero attached hydrogens (tertiary/aromatic N) is 1. The van der Waals surface area contributed by atoms with Gasteiger partial charge < -0.3 is 15.2 Å². The van der Waals surface area contributed by atoms with Crippen molar-refractivity contribution in [2.24, 2.45) is 5.92 Å². The highest BCUT2D eigenvalue weighted by Gasteiger charge is 2.17. The van der Waals surface area contributed by atoms with Crippen LogP contribution in [-0.2, 0) is 14.3 Å². The molecular formula is C13H26N2O4. The van der Waals surface area contributed by atoms with E-state index in [1.54, 1.807) is 14.0 Å². The quantitative estimate of drug-likeness (QED) is 0.569. The van der Waals surface area contributed by atoms with Crippen molar-refractivity contribution in [1.29, 1.82) is 0 Å². The lowest BCUT2D eigenvalue weighted by atomic mass is 10.1. The standard InChI is InChI=1S/C13H26N2O4/c1-10(2)19-7-5-6-15(9-12(16)14-4)8-11(3)13(17)18/h10-11H,5-9H2,1-4H3,(H,14,16)(H,17,18). The Kier molecular flexibility index (Phi) is 9.16. The molecule has 0 aromatic rings. The van der Waals surface area contributed by atoms with E-state index >= 15 is 0 Å². The predicted octanol–water partition coefficient (Wildman–Crippen LogP) is 0.570. The maximum Gasteiger partial charge on any atom is 0.307 e. The fraction of sp³-hybridized carbons (Fsp3) is 0.846. The molecule has 1 unspecified atom stereocenters. The minimum absolute atomic E-state index is 0.109. The summed E-state index contributed by atoms with van der Waals surface area (Å²) in [4.78, 5) is 24.1. The number of hydrogen-bond acceptors (Lipinski definition) is 4. The minimum atomic E-state index is -0.847. The van der Waals surface area contributed by atoms with E-state index in [4.69, 9.17) is 9.84 Å². The van der Waals surface area contributed by atoms with Crippen molar-refractivity contribution in [2.75, 3.05) is 33.3 Å². The van der Waals surface area contributed by atoms with E-state index in [9.17, 15) is 9.59 Å². The Balaban J connectivity index is 4.17. The Hall–Kier alpha value is -1.14. The molecule has 112 valence electrons. The molecule has 0 rings (SSSR count). The predicted molar refractivity (Wildman–Crippen MR) is 73.0 cm³/mol. The van der Waals surface area contributed by atoms with Crippen LogP contribution in [0.3, 0.4) is 0 Å². The zero-order chi connectivity index (χ0) is 14.8. The van der Waals surface area contributed by atoms with Crippen LogP contribution in [-0.4, -0.2) is 61.3 Å². The first-order chi connectivity index (χ1) is 8.86. The lowest BCUT2D eigenvalue weighted by Crippen LogP contribution is -2.40. The number of carboxylic acids is 1. The molecule has 0 radical (unpaired) electrons. The van der Waals surface area contributed by atoms with Crippen LogP contribution in [0.25, 0.3) is 0 Å². The highest BCUT2D eigenvalue weighted by Crippen LogP contribution is 2.02. The zero-order valence-corrected chi connectivity index (χ0v) is 12.3. The number of rotatable bonds is 10. The SMILES string of the molecule is CNC(=O)CN(CCCOC(C)C)CC(C)C(=O)O. The summed E-state index contributed by atoms with van der Waals surface area (Å²) in [6, 6.07) is 0. The summed E-state index contributed by atoms with van der Waals surface area (Å²) in [6.45, 7) is 7.43.